The maximum Gasteiger partial charge on any atom is 0.0970 e. The zero-order chi connectivity index (χ0) is 37.3. The number of rotatable bonds is 7. The van der Waals surface area contributed by atoms with E-state index in [1.54, 1.807) is 12.4 Å². The lowest BCUT2D eigenvalue weighted by atomic mass is 9.93. The van der Waals surface area contributed by atoms with Crippen LogP contribution in [0.1, 0.15) is 0 Å². The fourth-order valence-corrected chi connectivity index (χ4v) is 7.29. The Morgan fingerprint density at radius 2 is 0.750 bits per heavy atom. The van der Waals surface area contributed by atoms with Gasteiger partial charge in [-0.15, -0.1) is 0 Å². The summed E-state index contributed by atoms with van der Waals surface area (Å²) in [7, 11) is 0. The summed E-state index contributed by atoms with van der Waals surface area (Å²) >= 11 is 0. The lowest BCUT2D eigenvalue weighted by Crippen LogP contribution is -1.91. The molecule has 0 spiro atoms. The van der Waals surface area contributed by atoms with Crippen LogP contribution in [0.25, 0.3) is 100 Å². The van der Waals surface area contributed by atoms with Gasteiger partial charge in [0.2, 0.25) is 0 Å². The van der Waals surface area contributed by atoms with E-state index in [-0.39, 0.29) is 0 Å². The summed E-state index contributed by atoms with van der Waals surface area (Å²) in [4.78, 5) is 27.8. The van der Waals surface area contributed by atoms with Gasteiger partial charge in [0.05, 0.1) is 33.8 Å². The van der Waals surface area contributed by atoms with Crippen LogP contribution in [0.15, 0.2) is 195 Å². The molecule has 0 aliphatic carbocycles. The summed E-state index contributed by atoms with van der Waals surface area (Å²) in [5.74, 6) is 0. The molecule has 262 valence electrons. The summed E-state index contributed by atoms with van der Waals surface area (Å²) in [5.41, 5.74) is 16.2. The number of benzene rings is 4. The molecule has 10 aromatic rings. The predicted octanol–water partition coefficient (Wildman–Crippen LogP) is 12.0. The Labute approximate surface area is 324 Å². The molecule has 6 aromatic heterocycles. The third-order valence-corrected chi connectivity index (χ3v) is 10.2. The highest BCUT2D eigenvalue weighted by molar-refractivity contribution is 6.08. The van der Waals surface area contributed by atoms with Crippen LogP contribution in [-0.4, -0.2) is 29.9 Å². The van der Waals surface area contributed by atoms with Crippen molar-refractivity contribution >= 4 is 21.8 Å². The van der Waals surface area contributed by atoms with Crippen molar-refractivity contribution in [3.8, 4) is 78.4 Å². The molecule has 0 amide bonds. The first kappa shape index (κ1) is 32.9. The second-order valence-corrected chi connectivity index (χ2v) is 13.6. The molecule has 0 fully saturated rings. The Bertz CT molecular complexity index is 2870. The first-order chi connectivity index (χ1) is 27.7. The van der Waals surface area contributed by atoms with Crippen molar-refractivity contribution in [3.05, 3.63) is 195 Å². The molecule has 0 N–H and O–H groups in total. The Balaban J connectivity index is 0.978. The molecule has 6 heteroatoms. The second-order valence-electron chi connectivity index (χ2n) is 13.6. The van der Waals surface area contributed by atoms with E-state index >= 15 is 0 Å². The summed E-state index contributed by atoms with van der Waals surface area (Å²) in [5, 5.41) is 2.18. The van der Waals surface area contributed by atoms with E-state index in [2.05, 4.69) is 118 Å². The zero-order valence-electron chi connectivity index (χ0n) is 30.2. The van der Waals surface area contributed by atoms with Gasteiger partial charge in [-0.1, -0.05) is 91.0 Å². The minimum absolute atomic E-state index is 0.837. The molecule has 10 rings (SSSR count). The molecule has 6 nitrogen and oxygen atoms in total. The van der Waals surface area contributed by atoms with Crippen LogP contribution in [0.4, 0.5) is 0 Å². The van der Waals surface area contributed by atoms with Crippen molar-refractivity contribution in [1.82, 2.24) is 29.9 Å². The molecule has 0 saturated heterocycles. The normalized spacial score (nSPS) is 11.2. The number of hydrogen-bond acceptors (Lipinski definition) is 6. The van der Waals surface area contributed by atoms with Crippen LogP contribution >= 0.6 is 0 Å². The molecule has 0 bridgehead atoms. The van der Waals surface area contributed by atoms with E-state index in [1.165, 1.54) is 0 Å². The van der Waals surface area contributed by atoms with E-state index < -0.39 is 0 Å². The Morgan fingerprint density at radius 1 is 0.268 bits per heavy atom. The molecule has 0 atom stereocenters. The Morgan fingerprint density at radius 3 is 1.29 bits per heavy atom. The summed E-state index contributed by atoms with van der Waals surface area (Å²) < 4.78 is 0. The minimum atomic E-state index is 0.837. The predicted molar refractivity (Wildman–Crippen MR) is 226 cm³/mol. The molecule has 6 heterocycles. The van der Waals surface area contributed by atoms with Gasteiger partial charge < -0.3 is 0 Å². The fraction of sp³-hybridized carbons (Fsp3) is 0. The van der Waals surface area contributed by atoms with Crippen LogP contribution in [0.2, 0.25) is 0 Å². The minimum Gasteiger partial charge on any atom is -0.255 e. The van der Waals surface area contributed by atoms with E-state index in [1.807, 2.05) is 79.4 Å². The highest BCUT2D eigenvalue weighted by Crippen LogP contribution is 2.36. The standard InChI is InChI=1S/C50H32N6/c1-3-24-51-45(7-1)47-21-18-38(31-55-47)41-28-40(29-42(30-41)39-19-22-48(56-32-39)46-8-2-4-25-52-46)35-11-9-33(10-12-35)34-13-15-36(16-14-34)43-23-27-54-50-44(43)20-17-37-6-5-26-53-49(37)50/h1-32H. The lowest BCUT2D eigenvalue weighted by molar-refractivity contribution is 1.25. The van der Waals surface area contributed by atoms with Gasteiger partial charge >= 0.3 is 0 Å². The second kappa shape index (κ2) is 14.3. The number of fused-ring (bicyclic) bond motifs is 3. The van der Waals surface area contributed by atoms with Crippen LogP contribution in [0, 0.1) is 0 Å². The van der Waals surface area contributed by atoms with E-state index in [0.29, 0.717) is 0 Å². The molecule has 0 aliphatic rings. The largest absolute Gasteiger partial charge is 0.255 e. The zero-order valence-corrected chi connectivity index (χ0v) is 30.2. The van der Waals surface area contributed by atoms with Crippen molar-refractivity contribution in [2.24, 2.45) is 0 Å². The first-order valence-electron chi connectivity index (χ1n) is 18.5. The molecule has 0 unspecified atom stereocenters. The number of hydrogen-bond donors (Lipinski definition) is 0. The van der Waals surface area contributed by atoms with Gasteiger partial charge in [-0.2, -0.15) is 0 Å². The topological polar surface area (TPSA) is 77.3 Å². The van der Waals surface area contributed by atoms with Gasteiger partial charge in [-0.25, -0.2) is 0 Å². The van der Waals surface area contributed by atoms with Crippen molar-refractivity contribution in [3.63, 3.8) is 0 Å². The summed E-state index contributed by atoms with van der Waals surface area (Å²) in [6.07, 6.45) is 11.1. The first-order valence-corrected chi connectivity index (χ1v) is 18.5. The van der Waals surface area contributed by atoms with Gasteiger partial charge in [0, 0.05) is 59.1 Å². The molecule has 4 aromatic carbocycles. The maximum atomic E-state index is 4.79. The van der Waals surface area contributed by atoms with Crippen molar-refractivity contribution in [2.45, 2.75) is 0 Å². The monoisotopic (exact) mass is 716 g/mol. The van der Waals surface area contributed by atoms with E-state index in [0.717, 1.165) is 100 Å². The molecular weight excluding hydrogens is 685 g/mol. The van der Waals surface area contributed by atoms with Gasteiger partial charge in [-0.3, -0.25) is 29.9 Å². The van der Waals surface area contributed by atoms with Gasteiger partial charge in [-0.05, 0) is 111 Å². The summed E-state index contributed by atoms with van der Waals surface area (Å²) in [6.45, 7) is 0. The van der Waals surface area contributed by atoms with Crippen molar-refractivity contribution in [2.75, 3.05) is 0 Å². The highest BCUT2D eigenvalue weighted by atomic mass is 14.8. The van der Waals surface area contributed by atoms with Gasteiger partial charge in [0.15, 0.2) is 0 Å². The SMILES string of the molecule is c1ccc(-c2ccc(-c3cc(-c4ccc(-c5ccc(-c6ccnc7c6ccc6cccnc67)cc5)cc4)cc(-c4ccc(-c5ccccn5)nc4)c3)cn2)nc1. The number of pyridine rings is 6. The van der Waals surface area contributed by atoms with Gasteiger partial charge in [0.1, 0.15) is 0 Å². The number of aromatic nitrogens is 6. The quantitative estimate of drug-likeness (QED) is 0.153. The van der Waals surface area contributed by atoms with Crippen LogP contribution in [0.3, 0.4) is 0 Å². The number of nitrogens with zero attached hydrogens (tertiary/aromatic N) is 6. The molecule has 56 heavy (non-hydrogen) atoms. The average Bonchev–Trinajstić information content (AvgIpc) is 3.29. The third kappa shape index (κ3) is 6.35. The molecule has 0 saturated carbocycles. The molecule has 0 radical (unpaired) electrons. The van der Waals surface area contributed by atoms with Crippen LogP contribution in [-0.2, 0) is 0 Å². The van der Waals surface area contributed by atoms with Crippen LogP contribution < -0.4 is 0 Å². The van der Waals surface area contributed by atoms with E-state index in [4.69, 9.17) is 15.0 Å². The summed E-state index contributed by atoms with van der Waals surface area (Å²) in [6, 6.07) is 54.6. The molecular formula is C50H32N6. The van der Waals surface area contributed by atoms with Gasteiger partial charge in [0.25, 0.3) is 0 Å². The van der Waals surface area contributed by atoms with E-state index in [9.17, 15) is 0 Å². The fourth-order valence-electron chi connectivity index (χ4n) is 7.29. The highest BCUT2D eigenvalue weighted by Gasteiger charge is 2.12. The Kier molecular flexibility index (Phi) is 8.39. The van der Waals surface area contributed by atoms with Crippen molar-refractivity contribution in [1.29, 1.82) is 0 Å². The lowest BCUT2D eigenvalue weighted by Gasteiger charge is -2.13. The smallest absolute Gasteiger partial charge is 0.0970 e. The Hall–Kier alpha value is -7.70. The maximum absolute atomic E-state index is 4.79. The molecule has 0 aliphatic heterocycles. The third-order valence-electron chi connectivity index (χ3n) is 10.2. The average molecular weight is 717 g/mol. The van der Waals surface area contributed by atoms with Crippen molar-refractivity contribution < 1.29 is 0 Å². The van der Waals surface area contributed by atoms with Crippen LogP contribution in [0.5, 0.6) is 0 Å².